The average molecular weight is 344 g/mol. The summed E-state index contributed by atoms with van der Waals surface area (Å²) in [5.74, 6) is -0.434. The largest absolute Gasteiger partial charge is 0.369 e. The number of primary amides is 1. The van der Waals surface area contributed by atoms with Crippen molar-refractivity contribution in [3.8, 4) is 0 Å². The van der Waals surface area contributed by atoms with E-state index in [1.54, 1.807) is 12.1 Å². The maximum atomic E-state index is 12.4. The van der Waals surface area contributed by atoms with Crippen LogP contribution < -0.4 is 5.73 Å². The Hall–Kier alpha value is -1.94. The molecule has 106 valence electrons. The lowest BCUT2D eigenvalue weighted by Crippen LogP contribution is -2.49. The number of carbonyl (C=O) groups excluding carboxylic acids is 2. The summed E-state index contributed by atoms with van der Waals surface area (Å²) in [5, 5.41) is 0. The van der Waals surface area contributed by atoms with Gasteiger partial charge >= 0.3 is 0 Å². The Balaban J connectivity index is 2.34. The van der Waals surface area contributed by atoms with Gasteiger partial charge in [-0.3, -0.25) is 9.59 Å². The summed E-state index contributed by atoms with van der Waals surface area (Å²) >= 11 is 3.41. The molecule has 21 heavy (non-hydrogen) atoms. The predicted octanol–water partition coefficient (Wildman–Crippen LogP) is 2.81. The van der Waals surface area contributed by atoms with Gasteiger partial charge in [-0.15, -0.1) is 0 Å². The molecule has 0 aliphatic heterocycles. The van der Waals surface area contributed by atoms with E-state index < -0.39 is 16.1 Å². The van der Waals surface area contributed by atoms with Gasteiger partial charge in [-0.25, -0.2) is 0 Å². The monoisotopic (exact) mass is 343 g/mol. The van der Waals surface area contributed by atoms with E-state index in [4.69, 9.17) is 5.73 Å². The number of Topliss-reactive ketones (excluding diaryl/α,β-unsaturated/α-hetero) is 1. The summed E-state index contributed by atoms with van der Waals surface area (Å²) in [7, 11) is 0. The second kappa shape index (κ2) is 5.11. The van der Waals surface area contributed by atoms with Crippen LogP contribution in [0.15, 0.2) is 54.6 Å². The lowest BCUT2D eigenvalue weighted by molar-refractivity contribution is -0.122. The summed E-state index contributed by atoms with van der Waals surface area (Å²) in [6.07, 6.45) is 0.336. The second-order valence-corrected chi connectivity index (χ2v) is 6.32. The molecule has 0 fully saturated rings. The molecule has 1 amide bonds. The van der Waals surface area contributed by atoms with E-state index in [2.05, 4.69) is 15.9 Å². The van der Waals surface area contributed by atoms with Crippen molar-refractivity contribution in [2.75, 3.05) is 0 Å². The molecule has 2 atom stereocenters. The number of hydrogen-bond acceptors (Lipinski definition) is 2. The highest BCUT2D eigenvalue weighted by molar-refractivity contribution is 9.10. The number of benzene rings is 2. The first-order valence-electron chi connectivity index (χ1n) is 6.70. The van der Waals surface area contributed by atoms with Crippen molar-refractivity contribution in [3.05, 3.63) is 71.3 Å². The van der Waals surface area contributed by atoms with E-state index in [0.29, 0.717) is 17.5 Å². The van der Waals surface area contributed by atoms with Gasteiger partial charge in [0.25, 0.3) is 0 Å². The number of fused-ring (bicyclic) bond motifs is 1. The highest BCUT2D eigenvalue weighted by atomic mass is 79.9. The highest BCUT2D eigenvalue weighted by Crippen LogP contribution is 2.44. The van der Waals surface area contributed by atoms with E-state index in [1.807, 2.05) is 42.5 Å². The molecule has 0 saturated heterocycles. The number of nitrogens with two attached hydrogens (primary N) is 1. The first-order chi connectivity index (χ1) is 10.1. The molecule has 0 radical (unpaired) electrons. The first-order valence-corrected chi connectivity index (χ1v) is 7.62. The number of rotatable bonds is 2. The van der Waals surface area contributed by atoms with Crippen LogP contribution in [0.25, 0.3) is 0 Å². The molecular formula is C17H14BrNO2. The molecule has 0 spiro atoms. The fraction of sp³-hybridized carbons (Fsp3) is 0.176. The fourth-order valence-corrected chi connectivity index (χ4v) is 3.81. The zero-order chi connectivity index (χ0) is 15.0. The number of halogens is 1. The van der Waals surface area contributed by atoms with Crippen LogP contribution in [0.1, 0.15) is 27.9 Å². The van der Waals surface area contributed by atoms with Crippen LogP contribution in [0.5, 0.6) is 0 Å². The molecule has 1 aliphatic rings. The smallest absolute Gasteiger partial charge is 0.232 e. The molecule has 1 aliphatic carbocycles. The van der Waals surface area contributed by atoms with Gasteiger partial charge in [-0.05, 0) is 17.5 Å². The van der Waals surface area contributed by atoms with Crippen molar-refractivity contribution < 1.29 is 9.59 Å². The van der Waals surface area contributed by atoms with E-state index in [0.717, 1.165) is 5.56 Å². The molecule has 3 nitrogen and oxygen atoms in total. The minimum absolute atomic E-state index is 0.00148. The second-order valence-electron chi connectivity index (χ2n) is 5.22. The number of carbonyl (C=O) groups is 2. The highest BCUT2D eigenvalue weighted by Gasteiger charge is 2.48. The van der Waals surface area contributed by atoms with Gasteiger partial charge in [0, 0.05) is 5.56 Å². The Labute approximate surface area is 131 Å². The molecule has 0 bridgehead atoms. The Kier molecular flexibility index (Phi) is 3.41. The molecular weight excluding hydrogens is 330 g/mol. The fourth-order valence-electron chi connectivity index (χ4n) is 3.08. The van der Waals surface area contributed by atoms with Crippen LogP contribution in [0.2, 0.25) is 0 Å². The minimum atomic E-state index is -0.972. The summed E-state index contributed by atoms with van der Waals surface area (Å²) in [6.45, 7) is 0. The SMILES string of the molecule is NC(=O)C1(c2ccccc2)CC(Br)C(=O)c2ccccc21. The molecule has 2 aromatic rings. The normalized spacial score (nSPS) is 24.4. The standard InChI is InChI=1S/C17H14BrNO2/c18-14-10-17(16(19)21,11-6-2-1-3-7-11)13-9-5-4-8-12(13)15(14)20/h1-9,14H,10H2,(H2,19,21). The summed E-state index contributed by atoms with van der Waals surface area (Å²) in [4.78, 5) is 24.3. The quantitative estimate of drug-likeness (QED) is 0.852. The molecule has 4 heteroatoms. The van der Waals surface area contributed by atoms with Crippen LogP contribution in [-0.2, 0) is 10.2 Å². The molecule has 0 saturated carbocycles. The van der Waals surface area contributed by atoms with E-state index >= 15 is 0 Å². The van der Waals surface area contributed by atoms with E-state index in [1.165, 1.54) is 0 Å². The lowest BCUT2D eigenvalue weighted by atomic mass is 9.65. The first kappa shape index (κ1) is 14.0. The van der Waals surface area contributed by atoms with E-state index in [9.17, 15) is 9.59 Å². The van der Waals surface area contributed by atoms with Crippen LogP contribution >= 0.6 is 15.9 Å². The molecule has 2 N–H and O–H groups in total. The number of alkyl halides is 1. The minimum Gasteiger partial charge on any atom is -0.369 e. The summed E-state index contributed by atoms with van der Waals surface area (Å²) in [6, 6.07) is 16.6. The molecule has 2 unspecified atom stereocenters. The predicted molar refractivity (Wildman–Crippen MR) is 84.5 cm³/mol. The molecule has 0 aromatic heterocycles. The van der Waals surface area contributed by atoms with Gasteiger partial charge in [0.15, 0.2) is 5.78 Å². The van der Waals surface area contributed by atoms with Crippen LogP contribution in [-0.4, -0.2) is 16.5 Å². The Bertz CT molecular complexity index is 714. The average Bonchev–Trinajstić information content (AvgIpc) is 2.51. The van der Waals surface area contributed by atoms with Gasteiger partial charge in [0.1, 0.15) is 5.41 Å². The van der Waals surface area contributed by atoms with Crippen molar-refractivity contribution in [2.45, 2.75) is 16.7 Å². The lowest BCUT2D eigenvalue weighted by Gasteiger charge is -2.38. The topological polar surface area (TPSA) is 60.2 Å². The van der Waals surface area contributed by atoms with Crippen LogP contribution in [0.4, 0.5) is 0 Å². The zero-order valence-electron chi connectivity index (χ0n) is 11.3. The van der Waals surface area contributed by atoms with E-state index in [-0.39, 0.29) is 5.78 Å². The van der Waals surface area contributed by atoms with Crippen molar-refractivity contribution in [1.82, 2.24) is 0 Å². The van der Waals surface area contributed by atoms with Gasteiger partial charge in [0.2, 0.25) is 5.91 Å². The maximum Gasteiger partial charge on any atom is 0.232 e. The maximum absolute atomic E-state index is 12.4. The Morgan fingerprint density at radius 1 is 1.10 bits per heavy atom. The van der Waals surface area contributed by atoms with Crippen molar-refractivity contribution >= 4 is 27.6 Å². The van der Waals surface area contributed by atoms with Crippen LogP contribution in [0.3, 0.4) is 0 Å². The number of ketones is 1. The van der Waals surface area contributed by atoms with Gasteiger partial charge in [-0.1, -0.05) is 70.5 Å². The molecule has 0 heterocycles. The van der Waals surface area contributed by atoms with Gasteiger partial charge < -0.3 is 5.73 Å². The third-order valence-corrected chi connectivity index (χ3v) is 4.85. The number of hydrogen-bond donors (Lipinski definition) is 1. The van der Waals surface area contributed by atoms with Gasteiger partial charge in [-0.2, -0.15) is 0 Å². The third-order valence-electron chi connectivity index (χ3n) is 4.11. The Morgan fingerprint density at radius 2 is 1.71 bits per heavy atom. The molecule has 2 aromatic carbocycles. The Morgan fingerprint density at radius 3 is 2.38 bits per heavy atom. The summed E-state index contributed by atoms with van der Waals surface area (Å²) in [5.41, 5.74) is 6.90. The number of amides is 1. The zero-order valence-corrected chi connectivity index (χ0v) is 12.8. The molecule has 3 rings (SSSR count). The van der Waals surface area contributed by atoms with Gasteiger partial charge in [0.05, 0.1) is 4.83 Å². The van der Waals surface area contributed by atoms with Crippen molar-refractivity contribution in [2.24, 2.45) is 5.73 Å². The third kappa shape index (κ3) is 2.02. The summed E-state index contributed by atoms with van der Waals surface area (Å²) < 4.78 is 0. The van der Waals surface area contributed by atoms with Crippen molar-refractivity contribution in [3.63, 3.8) is 0 Å². The van der Waals surface area contributed by atoms with Crippen LogP contribution in [0, 0.1) is 0 Å². The van der Waals surface area contributed by atoms with Crippen molar-refractivity contribution in [1.29, 1.82) is 0 Å².